The molecule has 2 aromatic carbocycles. The van der Waals surface area contributed by atoms with Gasteiger partial charge in [-0.3, -0.25) is 19.5 Å². The molecule has 5 rings (SSSR count). The molecule has 0 atom stereocenters. The molecule has 1 aliphatic rings. The molecule has 2 aromatic heterocycles. The van der Waals surface area contributed by atoms with E-state index < -0.39 is 0 Å². The average molecular weight is 417 g/mol. The zero-order chi connectivity index (χ0) is 20.8. The number of thiazole rings is 1. The number of aryl methyl sites for hydroxylation is 3. The molecule has 4 aromatic rings. The fraction of sp³-hybridized carbons (Fsp3) is 0.217. The van der Waals surface area contributed by atoms with Gasteiger partial charge in [0.25, 0.3) is 11.5 Å². The molecule has 150 valence electrons. The quantitative estimate of drug-likeness (QED) is 0.539. The van der Waals surface area contributed by atoms with E-state index in [0.717, 1.165) is 29.9 Å². The van der Waals surface area contributed by atoms with Crippen LogP contribution in [0.3, 0.4) is 0 Å². The van der Waals surface area contributed by atoms with Crippen LogP contribution in [0.15, 0.2) is 46.6 Å². The van der Waals surface area contributed by atoms with Gasteiger partial charge in [0.2, 0.25) is 0 Å². The van der Waals surface area contributed by atoms with E-state index in [2.05, 4.69) is 41.3 Å². The number of carbonyl (C=O) groups excluding carboxylic acids is 1. The monoisotopic (exact) mass is 416 g/mol. The van der Waals surface area contributed by atoms with Gasteiger partial charge in [-0.2, -0.15) is 0 Å². The van der Waals surface area contributed by atoms with E-state index in [-0.39, 0.29) is 11.5 Å². The zero-order valence-corrected chi connectivity index (χ0v) is 17.5. The second kappa shape index (κ2) is 7.18. The molecule has 0 saturated heterocycles. The normalized spacial score (nSPS) is 12.9. The van der Waals surface area contributed by atoms with Crippen molar-refractivity contribution in [2.45, 2.75) is 33.2 Å². The summed E-state index contributed by atoms with van der Waals surface area (Å²) in [5, 5.41) is 5.88. The Balaban J connectivity index is 1.41. The topological polar surface area (TPSA) is 76.9 Å². The predicted octanol–water partition coefficient (Wildman–Crippen LogP) is 4.34. The third-order valence-electron chi connectivity index (χ3n) is 5.61. The molecule has 6 nitrogen and oxygen atoms in total. The first-order valence-corrected chi connectivity index (χ1v) is 10.8. The summed E-state index contributed by atoms with van der Waals surface area (Å²) in [5.74, 6) is 0.531. The third kappa shape index (κ3) is 3.21. The maximum absolute atomic E-state index is 12.8. The second-order valence-corrected chi connectivity index (χ2v) is 8.47. The minimum atomic E-state index is -0.264. The van der Waals surface area contributed by atoms with Crippen LogP contribution in [0.2, 0.25) is 0 Å². The minimum Gasteiger partial charge on any atom is -0.298 e. The fourth-order valence-electron chi connectivity index (χ4n) is 3.76. The molecule has 0 fully saturated rings. The van der Waals surface area contributed by atoms with E-state index in [0.29, 0.717) is 28.1 Å². The van der Waals surface area contributed by atoms with E-state index in [1.54, 1.807) is 22.8 Å². The number of anilines is 1. The maximum atomic E-state index is 12.8. The van der Waals surface area contributed by atoms with E-state index in [1.165, 1.54) is 22.5 Å². The molecule has 0 unspecified atom stereocenters. The van der Waals surface area contributed by atoms with Gasteiger partial charge in [-0.1, -0.05) is 12.1 Å². The van der Waals surface area contributed by atoms with Crippen LogP contribution in [0.4, 0.5) is 5.13 Å². The van der Waals surface area contributed by atoms with Crippen molar-refractivity contribution in [3.63, 3.8) is 0 Å². The first kappa shape index (κ1) is 18.7. The Bertz CT molecular complexity index is 1370. The molecule has 7 heteroatoms. The number of rotatable bonds is 3. The largest absolute Gasteiger partial charge is 0.298 e. The molecular formula is C23H20N4O2S. The average Bonchev–Trinajstić information content (AvgIpc) is 3.39. The summed E-state index contributed by atoms with van der Waals surface area (Å²) in [6.45, 7) is 4.86. The number of nitrogens with zero attached hydrogens (tertiary/aromatic N) is 3. The molecule has 0 bridgehead atoms. The van der Waals surface area contributed by atoms with E-state index >= 15 is 0 Å². The SMILES string of the molecule is Cc1ccc(-c2csc(NC(=O)c3ccc4c(=O)n5c(nc4c3)CCC5)n2)cc1C. The van der Waals surface area contributed by atoms with Crippen molar-refractivity contribution < 1.29 is 4.79 Å². The van der Waals surface area contributed by atoms with Gasteiger partial charge in [0, 0.05) is 29.5 Å². The smallest absolute Gasteiger partial charge is 0.261 e. The van der Waals surface area contributed by atoms with Gasteiger partial charge in [0.1, 0.15) is 5.82 Å². The molecule has 30 heavy (non-hydrogen) atoms. The highest BCUT2D eigenvalue weighted by Crippen LogP contribution is 2.27. The van der Waals surface area contributed by atoms with Crippen LogP contribution in [-0.2, 0) is 13.0 Å². The molecular weight excluding hydrogens is 396 g/mol. The Labute approximate surface area is 177 Å². The van der Waals surface area contributed by atoms with Gasteiger partial charge in [-0.05, 0) is 55.7 Å². The van der Waals surface area contributed by atoms with Crippen molar-refractivity contribution in [2.24, 2.45) is 0 Å². The number of amides is 1. The number of hydrogen-bond donors (Lipinski definition) is 1. The number of carbonyl (C=O) groups is 1. The Morgan fingerprint density at radius 1 is 1.10 bits per heavy atom. The molecule has 0 spiro atoms. The summed E-state index contributed by atoms with van der Waals surface area (Å²) in [7, 11) is 0. The summed E-state index contributed by atoms with van der Waals surface area (Å²) in [5.41, 5.74) is 5.30. The van der Waals surface area contributed by atoms with Crippen LogP contribution in [0.5, 0.6) is 0 Å². The Hall–Kier alpha value is -3.32. The summed E-state index contributed by atoms with van der Waals surface area (Å²) in [4.78, 5) is 34.5. The van der Waals surface area contributed by atoms with Gasteiger partial charge in [0.15, 0.2) is 5.13 Å². The zero-order valence-electron chi connectivity index (χ0n) is 16.7. The van der Waals surface area contributed by atoms with Crippen LogP contribution in [0.25, 0.3) is 22.2 Å². The lowest BCUT2D eigenvalue weighted by atomic mass is 10.1. The van der Waals surface area contributed by atoms with E-state index in [4.69, 9.17) is 0 Å². The summed E-state index contributed by atoms with van der Waals surface area (Å²) in [6.07, 6.45) is 1.72. The molecule has 1 aliphatic heterocycles. The standard InChI is InChI=1S/C23H20N4O2S/c1-13-5-6-15(10-14(13)2)19-12-30-23(25-19)26-21(28)16-7-8-17-18(11-16)24-20-4-3-9-27(20)22(17)29/h5-8,10-12H,3-4,9H2,1-2H3,(H,25,26,28). The van der Waals surface area contributed by atoms with Gasteiger partial charge in [-0.15, -0.1) is 11.3 Å². The highest BCUT2D eigenvalue weighted by Gasteiger charge is 2.17. The van der Waals surface area contributed by atoms with Gasteiger partial charge in [0.05, 0.1) is 16.6 Å². The first-order valence-electron chi connectivity index (χ1n) is 9.87. The van der Waals surface area contributed by atoms with Crippen molar-refractivity contribution >= 4 is 33.3 Å². The second-order valence-electron chi connectivity index (χ2n) is 7.61. The lowest BCUT2D eigenvalue weighted by molar-refractivity contribution is 0.102. The molecule has 0 aliphatic carbocycles. The van der Waals surface area contributed by atoms with Crippen molar-refractivity contribution in [2.75, 3.05) is 5.32 Å². The Kier molecular flexibility index (Phi) is 4.47. The third-order valence-corrected chi connectivity index (χ3v) is 6.36. The molecule has 0 radical (unpaired) electrons. The number of hydrogen-bond acceptors (Lipinski definition) is 5. The van der Waals surface area contributed by atoms with Crippen molar-refractivity contribution in [3.8, 4) is 11.3 Å². The summed E-state index contributed by atoms with van der Waals surface area (Å²) < 4.78 is 1.73. The summed E-state index contributed by atoms with van der Waals surface area (Å²) >= 11 is 1.39. The highest BCUT2D eigenvalue weighted by atomic mass is 32.1. The molecule has 3 heterocycles. The number of nitrogens with one attached hydrogen (secondary N) is 1. The minimum absolute atomic E-state index is 0.0302. The molecule has 0 saturated carbocycles. The number of aromatic nitrogens is 3. The number of benzene rings is 2. The van der Waals surface area contributed by atoms with Gasteiger partial charge in [-0.25, -0.2) is 9.97 Å². The van der Waals surface area contributed by atoms with Crippen LogP contribution in [-0.4, -0.2) is 20.4 Å². The molecule has 1 N–H and O–H groups in total. The number of fused-ring (bicyclic) bond motifs is 2. The van der Waals surface area contributed by atoms with Crippen LogP contribution in [0.1, 0.15) is 33.7 Å². The van der Waals surface area contributed by atoms with Crippen molar-refractivity contribution in [1.29, 1.82) is 0 Å². The highest BCUT2D eigenvalue weighted by molar-refractivity contribution is 7.14. The summed E-state index contributed by atoms with van der Waals surface area (Å²) in [6, 6.07) is 11.2. The maximum Gasteiger partial charge on any atom is 0.261 e. The predicted molar refractivity (Wildman–Crippen MR) is 119 cm³/mol. The van der Waals surface area contributed by atoms with Crippen molar-refractivity contribution in [1.82, 2.24) is 14.5 Å². The van der Waals surface area contributed by atoms with Gasteiger partial charge >= 0.3 is 0 Å². The Morgan fingerprint density at radius 3 is 2.80 bits per heavy atom. The Morgan fingerprint density at radius 2 is 1.97 bits per heavy atom. The first-order chi connectivity index (χ1) is 14.5. The van der Waals surface area contributed by atoms with Crippen LogP contribution >= 0.6 is 11.3 Å². The van der Waals surface area contributed by atoms with Crippen molar-refractivity contribution in [3.05, 3.63) is 74.6 Å². The van der Waals surface area contributed by atoms with E-state index in [9.17, 15) is 9.59 Å². The fourth-order valence-corrected chi connectivity index (χ4v) is 4.47. The lowest BCUT2D eigenvalue weighted by Gasteiger charge is -2.07. The lowest BCUT2D eigenvalue weighted by Crippen LogP contribution is -2.21. The van der Waals surface area contributed by atoms with Crippen LogP contribution in [0, 0.1) is 13.8 Å². The van der Waals surface area contributed by atoms with Gasteiger partial charge < -0.3 is 0 Å². The van der Waals surface area contributed by atoms with E-state index in [1.807, 2.05) is 11.4 Å². The van der Waals surface area contributed by atoms with Crippen LogP contribution < -0.4 is 10.9 Å². The molecule has 1 amide bonds.